The van der Waals surface area contributed by atoms with Crippen molar-refractivity contribution >= 4 is 11.8 Å². The second kappa shape index (κ2) is 4.44. The minimum Gasteiger partial charge on any atom is -0.345 e. The Labute approximate surface area is 96.4 Å². The molecule has 3 unspecified atom stereocenters. The van der Waals surface area contributed by atoms with E-state index in [2.05, 4.69) is 12.2 Å². The van der Waals surface area contributed by atoms with Crippen LogP contribution in [0.3, 0.4) is 0 Å². The Balaban J connectivity index is 1.98. The third-order valence-corrected chi connectivity index (χ3v) is 3.56. The number of rotatable bonds is 3. The van der Waals surface area contributed by atoms with Crippen LogP contribution >= 0.6 is 0 Å². The molecule has 0 bridgehead atoms. The average molecular weight is 224 g/mol. The third-order valence-electron chi connectivity index (χ3n) is 3.56. The first-order valence-corrected chi connectivity index (χ1v) is 6.23. The van der Waals surface area contributed by atoms with Gasteiger partial charge in [-0.1, -0.05) is 13.3 Å². The number of carbonyl (C=O) groups excluding carboxylic acids is 2. The molecule has 0 aromatic heterocycles. The summed E-state index contributed by atoms with van der Waals surface area (Å²) < 4.78 is 0. The number of carbonyl (C=O) groups is 2. The van der Waals surface area contributed by atoms with E-state index in [1.807, 2.05) is 4.90 Å². The zero-order valence-corrected chi connectivity index (χ0v) is 10.0. The highest BCUT2D eigenvalue weighted by molar-refractivity contribution is 5.90. The largest absolute Gasteiger partial charge is 0.345 e. The smallest absolute Gasteiger partial charge is 0.245 e. The van der Waals surface area contributed by atoms with Gasteiger partial charge < -0.3 is 10.2 Å². The standard InChI is InChI=1S/C12H20N2O2/c1-3-4-9-7-10(9)14-6-5-11(15)13-8(2)12(14)16/h8-10H,3-7H2,1-2H3,(H,13,15). The molecule has 1 N–H and O–H groups in total. The zero-order valence-electron chi connectivity index (χ0n) is 10.0. The maximum absolute atomic E-state index is 12.0. The molecule has 1 aliphatic carbocycles. The highest BCUT2D eigenvalue weighted by atomic mass is 16.2. The predicted octanol–water partition coefficient (Wildman–Crippen LogP) is 0.912. The molecule has 4 heteroatoms. The Kier molecular flexibility index (Phi) is 3.17. The summed E-state index contributed by atoms with van der Waals surface area (Å²) in [4.78, 5) is 25.3. The molecule has 2 aliphatic rings. The molecule has 1 heterocycles. The molecule has 16 heavy (non-hydrogen) atoms. The maximum Gasteiger partial charge on any atom is 0.245 e. The van der Waals surface area contributed by atoms with Crippen molar-refractivity contribution in [2.24, 2.45) is 5.92 Å². The van der Waals surface area contributed by atoms with Crippen LogP contribution in [0.15, 0.2) is 0 Å². The summed E-state index contributed by atoms with van der Waals surface area (Å²) >= 11 is 0. The quantitative estimate of drug-likeness (QED) is 0.774. The van der Waals surface area contributed by atoms with Crippen LogP contribution < -0.4 is 5.32 Å². The van der Waals surface area contributed by atoms with E-state index in [1.165, 1.54) is 12.8 Å². The van der Waals surface area contributed by atoms with Gasteiger partial charge >= 0.3 is 0 Å². The minimum absolute atomic E-state index is 0.00367. The van der Waals surface area contributed by atoms with Gasteiger partial charge in [-0.2, -0.15) is 0 Å². The summed E-state index contributed by atoms with van der Waals surface area (Å²) in [6.07, 6.45) is 3.95. The zero-order chi connectivity index (χ0) is 11.7. The van der Waals surface area contributed by atoms with E-state index in [1.54, 1.807) is 6.92 Å². The summed E-state index contributed by atoms with van der Waals surface area (Å²) in [5.74, 6) is 0.764. The second-order valence-corrected chi connectivity index (χ2v) is 4.92. The van der Waals surface area contributed by atoms with Gasteiger partial charge in [0, 0.05) is 19.0 Å². The van der Waals surface area contributed by atoms with Crippen LogP contribution in [0.5, 0.6) is 0 Å². The van der Waals surface area contributed by atoms with Crippen LogP contribution in [0.1, 0.15) is 39.5 Å². The van der Waals surface area contributed by atoms with Crippen molar-refractivity contribution in [3.8, 4) is 0 Å². The molecular formula is C12H20N2O2. The summed E-state index contributed by atoms with van der Waals surface area (Å²) in [6, 6.07) is 0.0560. The molecule has 1 aliphatic heterocycles. The van der Waals surface area contributed by atoms with Crippen molar-refractivity contribution in [1.29, 1.82) is 0 Å². The monoisotopic (exact) mass is 224 g/mol. The van der Waals surface area contributed by atoms with Crippen LogP contribution in [0, 0.1) is 5.92 Å². The van der Waals surface area contributed by atoms with Crippen LogP contribution in [0.2, 0.25) is 0 Å². The molecule has 3 atom stereocenters. The fourth-order valence-electron chi connectivity index (χ4n) is 2.58. The normalized spacial score (nSPS) is 34.6. The van der Waals surface area contributed by atoms with Gasteiger partial charge in [-0.25, -0.2) is 0 Å². The Morgan fingerprint density at radius 2 is 2.19 bits per heavy atom. The van der Waals surface area contributed by atoms with Crippen molar-refractivity contribution in [3.63, 3.8) is 0 Å². The lowest BCUT2D eigenvalue weighted by Crippen LogP contribution is -2.43. The van der Waals surface area contributed by atoms with Crippen molar-refractivity contribution in [3.05, 3.63) is 0 Å². The molecule has 1 saturated carbocycles. The van der Waals surface area contributed by atoms with Crippen molar-refractivity contribution in [1.82, 2.24) is 10.2 Å². The molecule has 1 saturated heterocycles. The molecule has 0 spiro atoms. The first kappa shape index (κ1) is 11.4. The molecule has 2 rings (SSSR count). The van der Waals surface area contributed by atoms with Gasteiger partial charge in [0.25, 0.3) is 0 Å². The highest BCUT2D eigenvalue weighted by Gasteiger charge is 2.44. The highest BCUT2D eigenvalue weighted by Crippen LogP contribution is 2.39. The first-order chi connectivity index (χ1) is 7.63. The van der Waals surface area contributed by atoms with E-state index in [-0.39, 0.29) is 17.9 Å². The Morgan fingerprint density at radius 1 is 1.44 bits per heavy atom. The maximum atomic E-state index is 12.0. The summed E-state index contributed by atoms with van der Waals surface area (Å²) in [7, 11) is 0. The van der Waals surface area contributed by atoms with Gasteiger partial charge in [0.15, 0.2) is 0 Å². The fraction of sp³-hybridized carbons (Fsp3) is 0.833. The Hall–Kier alpha value is -1.06. The average Bonchev–Trinajstić information content (AvgIpc) is 2.97. The van der Waals surface area contributed by atoms with E-state index >= 15 is 0 Å². The molecule has 0 radical (unpaired) electrons. The lowest BCUT2D eigenvalue weighted by Gasteiger charge is -2.22. The van der Waals surface area contributed by atoms with E-state index in [0.29, 0.717) is 24.9 Å². The molecule has 0 aromatic carbocycles. The Bertz CT molecular complexity index is 303. The van der Waals surface area contributed by atoms with Gasteiger partial charge in [-0.3, -0.25) is 9.59 Å². The van der Waals surface area contributed by atoms with Crippen LogP contribution in [-0.2, 0) is 9.59 Å². The van der Waals surface area contributed by atoms with Gasteiger partial charge in [0.2, 0.25) is 11.8 Å². The Morgan fingerprint density at radius 3 is 2.88 bits per heavy atom. The van der Waals surface area contributed by atoms with Crippen LogP contribution in [0.25, 0.3) is 0 Å². The van der Waals surface area contributed by atoms with Crippen LogP contribution in [-0.4, -0.2) is 35.3 Å². The topological polar surface area (TPSA) is 49.4 Å². The second-order valence-electron chi connectivity index (χ2n) is 4.92. The van der Waals surface area contributed by atoms with Gasteiger partial charge in [0.1, 0.15) is 6.04 Å². The number of hydrogen-bond acceptors (Lipinski definition) is 2. The number of nitrogens with one attached hydrogen (secondary N) is 1. The first-order valence-electron chi connectivity index (χ1n) is 6.23. The van der Waals surface area contributed by atoms with E-state index in [9.17, 15) is 9.59 Å². The lowest BCUT2D eigenvalue weighted by atomic mass is 10.2. The molecule has 4 nitrogen and oxygen atoms in total. The summed E-state index contributed by atoms with van der Waals surface area (Å²) in [6.45, 7) is 4.54. The summed E-state index contributed by atoms with van der Waals surface area (Å²) in [5.41, 5.74) is 0. The lowest BCUT2D eigenvalue weighted by molar-refractivity contribution is -0.133. The molecule has 2 fully saturated rings. The fourth-order valence-corrected chi connectivity index (χ4v) is 2.58. The SMILES string of the molecule is CCCC1CC1N1CCC(=O)NC(C)C1=O. The van der Waals surface area contributed by atoms with Gasteiger partial charge in [0.05, 0.1) is 0 Å². The van der Waals surface area contributed by atoms with Crippen molar-refractivity contribution in [2.45, 2.75) is 51.6 Å². The molecular weight excluding hydrogens is 204 g/mol. The van der Waals surface area contributed by atoms with E-state index in [4.69, 9.17) is 0 Å². The molecule has 0 aromatic rings. The third kappa shape index (κ3) is 2.20. The number of amides is 2. The van der Waals surface area contributed by atoms with Gasteiger partial charge in [-0.05, 0) is 25.7 Å². The summed E-state index contributed by atoms with van der Waals surface area (Å²) in [5, 5.41) is 2.72. The van der Waals surface area contributed by atoms with E-state index < -0.39 is 0 Å². The minimum atomic E-state index is -0.349. The molecule has 90 valence electrons. The van der Waals surface area contributed by atoms with Gasteiger partial charge in [-0.15, -0.1) is 0 Å². The van der Waals surface area contributed by atoms with Crippen molar-refractivity contribution < 1.29 is 9.59 Å². The van der Waals surface area contributed by atoms with Crippen LogP contribution in [0.4, 0.5) is 0 Å². The molecule has 2 amide bonds. The predicted molar refractivity (Wildman–Crippen MR) is 60.7 cm³/mol. The number of hydrogen-bond donors (Lipinski definition) is 1. The number of nitrogens with zero attached hydrogens (tertiary/aromatic N) is 1. The van der Waals surface area contributed by atoms with E-state index in [0.717, 1.165) is 6.42 Å². The van der Waals surface area contributed by atoms with Crippen molar-refractivity contribution in [2.75, 3.05) is 6.54 Å².